The molecule has 13 heterocycles. The second kappa shape index (κ2) is 42.4. The molecule has 7 saturated heterocycles. The molecule has 131 heavy (non-hydrogen) atoms. The van der Waals surface area contributed by atoms with Crippen LogP contribution in [0, 0.1) is 0 Å². The molecule has 7 fully saturated rings. The van der Waals surface area contributed by atoms with Gasteiger partial charge in [-0.3, -0.25) is 4.57 Å². The minimum atomic E-state index is -1.43. The minimum absolute atomic E-state index is 0.168. The fourth-order valence-corrected chi connectivity index (χ4v) is 22.8. The van der Waals surface area contributed by atoms with Gasteiger partial charge in [0.1, 0.15) is 136 Å². The molecule has 35 nitrogen and oxygen atoms in total. The molecule has 1 aliphatic carbocycles. The van der Waals surface area contributed by atoms with E-state index in [0.717, 1.165) is 73.8 Å². The SMILES string of the molecule is C=C1N=C(N)C(C)=CN1[C@@H]1O[C@@]2(CCP(=C)(C)C)CO[C@@H]1[C@@H]2O.C=C1N=C(N)C=CN1[C@@H]1C=C(CCP(=C)(C)C)[C@@H](O)[C@H]1O.C=C1N=C(N)C=CN1[C@@H]1OC(CCP(=C)(C)C)[C@@H](O)[C@@]1(C)O.C=C1N=C(N)C=CN1[C@@H]1O[C@@]2(CCP(=C)(C)C)CO[C@@H]1[C@@H]2O.C=C1N=C(N)C=CN1[C@@H]1O[C@](C)(CCP(=C)(C)C)[C@@H](O)[C@H]1O.C=P(C)(C)CCC1O[C@@H](n2ccc(N)nc2=O)[C@H](Br)[C@@H]1O. The summed E-state index contributed by atoms with van der Waals surface area (Å²) in [7, 11) is 0. The second-order valence-corrected chi connectivity index (χ2v) is 67.1. The summed E-state index contributed by atoms with van der Waals surface area (Å²) in [5, 5.41) is 94.0. The first-order valence-corrected chi connectivity index (χ1v) is 62.5. The van der Waals surface area contributed by atoms with Crippen LogP contribution in [0.25, 0.3) is 0 Å². The highest BCUT2D eigenvalue weighted by Crippen LogP contribution is 2.52. The van der Waals surface area contributed by atoms with Crippen LogP contribution in [-0.4, -0.2) is 409 Å². The van der Waals surface area contributed by atoms with Gasteiger partial charge in [0.2, 0.25) is 0 Å². The summed E-state index contributed by atoms with van der Waals surface area (Å²) in [4.78, 5) is 44.3. The zero-order valence-electron chi connectivity index (χ0n) is 78.8. The van der Waals surface area contributed by atoms with Crippen molar-refractivity contribution in [3.63, 3.8) is 0 Å². The van der Waals surface area contributed by atoms with Crippen molar-refractivity contribution in [3.8, 4) is 0 Å². The maximum absolute atomic E-state index is 11.9. The number of aliphatic imine (C=N–C) groups is 5. The summed E-state index contributed by atoms with van der Waals surface area (Å²) < 4.78 is 43.3. The van der Waals surface area contributed by atoms with Crippen LogP contribution in [-0.2, 0) is 33.2 Å². The average Bonchev–Trinajstić information content (AvgIpc) is 1.58. The van der Waals surface area contributed by atoms with Crippen LogP contribution in [0.15, 0.2) is 177 Å². The third-order valence-electron chi connectivity index (χ3n) is 24.3. The first kappa shape index (κ1) is 108. The van der Waals surface area contributed by atoms with Crippen molar-refractivity contribution >= 4 is 130 Å². The maximum Gasteiger partial charge on any atom is 0.351 e. The second-order valence-electron chi connectivity index (χ2n) is 40.1. The minimum Gasteiger partial charge on any atom is -0.389 e. The Hall–Kier alpha value is -6.19. The Morgan fingerprint density at radius 2 is 0.901 bits per heavy atom. The van der Waals surface area contributed by atoms with E-state index < -0.39 is 168 Å². The Labute approximate surface area is 782 Å². The van der Waals surface area contributed by atoms with Gasteiger partial charge in [0.05, 0.1) is 48.0 Å². The number of ether oxygens (including phenoxy) is 7. The molecule has 13 aliphatic rings. The highest BCUT2D eigenvalue weighted by atomic mass is 79.9. The number of nitrogens with two attached hydrogens (primary N) is 6. The lowest BCUT2D eigenvalue weighted by atomic mass is 9.94. The Morgan fingerprint density at radius 3 is 1.34 bits per heavy atom. The Bertz CT molecular complexity index is 5120. The van der Waals surface area contributed by atoms with Crippen LogP contribution in [0.4, 0.5) is 5.82 Å². The number of alkyl halides is 1. The van der Waals surface area contributed by atoms with Crippen molar-refractivity contribution in [2.24, 2.45) is 53.6 Å². The Balaban J connectivity index is 0.000000177. The van der Waals surface area contributed by atoms with Crippen molar-refractivity contribution in [2.45, 2.75) is 197 Å². The van der Waals surface area contributed by atoms with E-state index in [2.05, 4.69) is 197 Å². The van der Waals surface area contributed by atoms with Crippen molar-refractivity contribution in [2.75, 3.05) is 136 Å². The van der Waals surface area contributed by atoms with Crippen molar-refractivity contribution < 1.29 is 79.1 Å². The van der Waals surface area contributed by atoms with Gasteiger partial charge in [0.15, 0.2) is 31.1 Å². The molecule has 23 atom stereocenters. The molecule has 1 aromatic heterocycles. The first-order chi connectivity index (χ1) is 60.3. The lowest BCUT2D eigenvalue weighted by Crippen LogP contribution is -2.51. The molecule has 732 valence electrons. The number of aliphatic hydroxyl groups excluding tert-OH is 8. The molecule has 1 aromatic rings. The van der Waals surface area contributed by atoms with E-state index in [1.165, 1.54) is 16.8 Å². The van der Waals surface area contributed by atoms with E-state index in [9.17, 15) is 50.8 Å². The fraction of sp³-hybridized carbons (Fsp3) is 0.584. The Kier molecular flexibility index (Phi) is 35.1. The van der Waals surface area contributed by atoms with Gasteiger partial charge in [-0.1, -0.05) is 54.9 Å². The van der Waals surface area contributed by atoms with E-state index in [4.69, 9.17) is 67.6 Å². The number of aliphatic hydroxyl groups is 9. The normalized spacial score (nSPS) is 34.4. The van der Waals surface area contributed by atoms with Crippen LogP contribution in [0.1, 0.15) is 65.5 Å². The number of hydrogen-bond acceptors (Lipinski definition) is 34. The maximum atomic E-state index is 11.9. The van der Waals surface area contributed by atoms with Crippen molar-refractivity contribution in [1.29, 1.82) is 0 Å². The van der Waals surface area contributed by atoms with E-state index >= 15 is 0 Å². The lowest BCUT2D eigenvalue weighted by molar-refractivity contribution is -0.181. The molecule has 12 aliphatic heterocycles. The number of nitrogens with zero attached hydrogens (tertiary/aromatic N) is 12. The summed E-state index contributed by atoms with van der Waals surface area (Å²) in [6.07, 6.45) is 42.5. The number of anilines is 1. The number of hydrogen-bond donors (Lipinski definition) is 15. The molecule has 14 rings (SSSR count). The van der Waals surface area contributed by atoms with Gasteiger partial charge < -0.3 is 138 Å². The summed E-state index contributed by atoms with van der Waals surface area (Å²) in [5.41, 5.74) is 31.5. The highest BCUT2D eigenvalue weighted by Gasteiger charge is 2.64. The Morgan fingerprint density at radius 1 is 0.489 bits per heavy atom. The van der Waals surface area contributed by atoms with Crippen LogP contribution in [0.3, 0.4) is 0 Å². The summed E-state index contributed by atoms with van der Waals surface area (Å²) >= 11 is 3.42. The van der Waals surface area contributed by atoms with Crippen molar-refractivity contribution in [3.05, 3.63) is 157 Å². The van der Waals surface area contributed by atoms with Gasteiger partial charge in [-0.2, -0.15) is 4.98 Å². The number of aromatic nitrogens is 2. The molecule has 21 N–H and O–H groups in total. The van der Waals surface area contributed by atoms with Gasteiger partial charge in [0, 0.05) is 42.8 Å². The van der Waals surface area contributed by atoms with E-state index in [1.807, 2.05) is 31.0 Å². The first-order valence-electron chi connectivity index (χ1n) is 43.2. The standard InChI is InChI=1S/C16H26N3O3P.C15H24N3O3P.2C15H26N3O3P.C15H24N3O2P.C13H21BrN3O3P/c1-10-8-19(11(2)18-14(10)17)15-12-13(20)16(22-15,9-21-12)6-7-23(3,4)5;1-10-17-11(16)5-7-18(10)14-12-13(19)15(21-14,9-20-12)6-8-22(2,3)4;1-10-17-12(16)6-8-18(10)14-15(2,20)13(19)11(21-14)7-9-22(3,4)5;1-10-17-11(16)6-8-18(10)14-12(19)13(20)15(2,21-14)7-9-22(3,4)5;1-10-17-13(16)5-7-18(10)12-9-11(14(19)15(12)20)6-8-21(2,3)4;1-21(2,3)7-5-8-11(18)10(14)12(20-8)17-6-4-9(15)16-13(17)19/h8,12-13,15,20H,2-3,6-7,9H2,1,4-5H3,(H2,17,18);5,7,12-14,19H,1-2,6,8-9H2,3-4H3,(H2,16,17);6,8,11,13-14,19-20H,1,3,7,9H2,2,4-5H3,(H2,16,17);6,8,12-14,19-20H,1,3,7,9H2,2,4-5H3,(H2,16,17);5,7,9,12,14-15,19-20H,1-2,6,8H2,3-4H3,(H2,16,17);4,6,8,10-12,18H,1,5,7H2,2-3H3,(H2,15,16,19)/t12-,13+,15-,16+;12-,13+,14-,15+;11?,13-,14-,15-;12-,13+,14-,15-;12-,14-,15+;8?,10-,11-,12-/m111111/s1. The summed E-state index contributed by atoms with van der Waals surface area (Å²) in [5.74, 6) is 4.33. The number of fused-ring (bicyclic) bond motifs is 4. The van der Waals surface area contributed by atoms with E-state index in [-0.39, 0.29) is 22.8 Å². The van der Waals surface area contributed by atoms with E-state index in [0.29, 0.717) is 84.3 Å². The molecular weight excluding hydrogens is 1860 g/mol. The van der Waals surface area contributed by atoms with E-state index in [1.54, 1.807) is 75.6 Å². The van der Waals surface area contributed by atoms with Gasteiger partial charge in [-0.15, -0.1) is 79.1 Å². The predicted molar refractivity (Wildman–Crippen MR) is 552 cm³/mol. The summed E-state index contributed by atoms with van der Waals surface area (Å²) in [6.45, 7) is 44.2. The van der Waals surface area contributed by atoms with Crippen LogP contribution in [0.2, 0.25) is 0 Å². The molecule has 42 heteroatoms. The molecule has 4 bridgehead atoms. The fourth-order valence-electron chi connectivity index (χ4n) is 16.3. The van der Waals surface area contributed by atoms with Gasteiger partial charge in [-0.05, 0) is 212 Å². The zero-order chi connectivity index (χ0) is 98.1. The molecule has 0 aromatic carbocycles. The quantitative estimate of drug-likeness (QED) is 0.0386. The van der Waals surface area contributed by atoms with Crippen LogP contribution >= 0.6 is 57.2 Å². The molecule has 0 spiro atoms. The van der Waals surface area contributed by atoms with Gasteiger partial charge in [0.25, 0.3) is 0 Å². The number of rotatable bonds is 24. The van der Waals surface area contributed by atoms with Crippen LogP contribution in [0.5, 0.6) is 0 Å². The largest absolute Gasteiger partial charge is 0.389 e. The third kappa shape index (κ3) is 27.4. The predicted octanol–water partition coefficient (Wildman–Crippen LogP) is 4.47. The topological polar surface area (TPSA) is 516 Å². The summed E-state index contributed by atoms with van der Waals surface area (Å²) in [6, 6.07) is 1.18. The number of amidine groups is 5. The third-order valence-corrected chi connectivity index (χ3v) is 34.0. The zero-order valence-corrected chi connectivity index (χ0v) is 85.7. The number of nitrogen functional groups attached to an aromatic ring is 1. The van der Waals surface area contributed by atoms with Crippen molar-refractivity contribution in [1.82, 2.24) is 34.1 Å². The highest BCUT2D eigenvalue weighted by molar-refractivity contribution is 9.09. The molecular formula is C89H147BrN18O17P6. The molecule has 0 saturated carbocycles. The lowest BCUT2D eigenvalue weighted by Gasteiger charge is -2.37. The number of halogens is 1. The molecule has 0 radical (unpaired) electrons. The molecule has 2 unspecified atom stereocenters. The smallest absolute Gasteiger partial charge is 0.351 e. The molecule has 0 amide bonds. The monoisotopic (exact) mass is 2000 g/mol. The average molecular weight is 2010 g/mol. The van der Waals surface area contributed by atoms with Gasteiger partial charge >= 0.3 is 5.69 Å². The van der Waals surface area contributed by atoms with Crippen LogP contribution < -0.4 is 40.1 Å². The van der Waals surface area contributed by atoms with Gasteiger partial charge in [-0.25, -0.2) is 29.8 Å².